The Morgan fingerprint density at radius 1 is 1.04 bits per heavy atom. The van der Waals surface area contributed by atoms with Gasteiger partial charge in [-0.3, -0.25) is 4.90 Å². The standard InChI is InChI=1S/C16H17F4N3S/c17-13-4-2-12(3-5-13)11-22-6-1-7-23(9-8-22)15-21-10-14(24-15)16(18,19)20/h2-5,10H,1,6-9,11H2. The lowest BCUT2D eigenvalue weighted by atomic mass is 10.2. The van der Waals surface area contributed by atoms with Crippen LogP contribution in [0.1, 0.15) is 16.9 Å². The highest BCUT2D eigenvalue weighted by Crippen LogP contribution is 2.36. The molecule has 1 aromatic heterocycles. The number of halogens is 4. The van der Waals surface area contributed by atoms with E-state index in [0.29, 0.717) is 36.1 Å². The van der Waals surface area contributed by atoms with Crippen molar-refractivity contribution >= 4 is 16.5 Å². The van der Waals surface area contributed by atoms with Crippen LogP contribution in [0.15, 0.2) is 30.5 Å². The van der Waals surface area contributed by atoms with Gasteiger partial charge in [0.2, 0.25) is 0 Å². The average Bonchev–Trinajstić information content (AvgIpc) is 2.92. The molecule has 3 nitrogen and oxygen atoms in total. The van der Waals surface area contributed by atoms with Crippen LogP contribution in [0.4, 0.5) is 22.7 Å². The van der Waals surface area contributed by atoms with Gasteiger partial charge in [0, 0.05) is 32.7 Å². The van der Waals surface area contributed by atoms with Crippen LogP contribution < -0.4 is 4.90 Å². The number of benzene rings is 1. The molecule has 3 rings (SSSR count). The van der Waals surface area contributed by atoms with Crippen molar-refractivity contribution in [1.29, 1.82) is 0 Å². The van der Waals surface area contributed by atoms with Crippen LogP contribution in [0.25, 0.3) is 0 Å². The van der Waals surface area contributed by atoms with Crippen LogP contribution in [0.3, 0.4) is 0 Å². The molecule has 24 heavy (non-hydrogen) atoms. The van der Waals surface area contributed by atoms with Crippen LogP contribution >= 0.6 is 11.3 Å². The van der Waals surface area contributed by atoms with Crippen molar-refractivity contribution in [3.05, 3.63) is 46.7 Å². The SMILES string of the molecule is Fc1ccc(CN2CCCN(c3ncc(C(F)(F)F)s3)CC2)cc1. The van der Waals surface area contributed by atoms with E-state index in [1.165, 1.54) is 12.1 Å². The summed E-state index contributed by atoms with van der Waals surface area (Å²) in [5.41, 5.74) is 1.03. The number of rotatable bonds is 3. The molecular weight excluding hydrogens is 342 g/mol. The quantitative estimate of drug-likeness (QED) is 0.772. The predicted octanol–water partition coefficient (Wildman–Crippen LogP) is 4.01. The smallest absolute Gasteiger partial charge is 0.347 e. The minimum Gasteiger partial charge on any atom is -0.347 e. The van der Waals surface area contributed by atoms with E-state index in [-0.39, 0.29) is 5.82 Å². The fraction of sp³-hybridized carbons (Fsp3) is 0.438. The topological polar surface area (TPSA) is 19.4 Å². The maximum Gasteiger partial charge on any atom is 0.427 e. The Balaban J connectivity index is 1.60. The molecule has 0 amide bonds. The van der Waals surface area contributed by atoms with Crippen molar-refractivity contribution in [1.82, 2.24) is 9.88 Å². The van der Waals surface area contributed by atoms with Gasteiger partial charge in [-0.2, -0.15) is 13.2 Å². The fourth-order valence-corrected chi connectivity index (χ4v) is 3.55. The van der Waals surface area contributed by atoms with E-state index in [9.17, 15) is 17.6 Å². The number of nitrogens with zero attached hydrogens (tertiary/aromatic N) is 3. The Labute approximate surface area is 141 Å². The van der Waals surface area contributed by atoms with Crippen LogP contribution in [0, 0.1) is 5.82 Å². The van der Waals surface area contributed by atoms with Crippen molar-refractivity contribution in [3.8, 4) is 0 Å². The van der Waals surface area contributed by atoms with E-state index in [1.54, 1.807) is 12.1 Å². The Bertz CT molecular complexity index is 669. The summed E-state index contributed by atoms with van der Waals surface area (Å²) < 4.78 is 51.0. The number of hydrogen-bond donors (Lipinski definition) is 0. The first-order chi connectivity index (χ1) is 11.4. The Morgan fingerprint density at radius 2 is 1.79 bits per heavy atom. The Kier molecular flexibility index (Phi) is 5.05. The van der Waals surface area contributed by atoms with Crippen molar-refractivity contribution in [2.24, 2.45) is 0 Å². The molecule has 1 saturated heterocycles. The molecule has 0 bridgehead atoms. The second kappa shape index (κ2) is 7.06. The van der Waals surface area contributed by atoms with Crippen LogP contribution in [0.2, 0.25) is 0 Å². The van der Waals surface area contributed by atoms with Gasteiger partial charge in [-0.1, -0.05) is 23.5 Å². The molecule has 0 unspecified atom stereocenters. The molecule has 0 saturated carbocycles. The second-order valence-electron chi connectivity index (χ2n) is 5.75. The minimum atomic E-state index is -4.34. The number of alkyl halides is 3. The number of anilines is 1. The van der Waals surface area contributed by atoms with Crippen molar-refractivity contribution in [2.75, 3.05) is 31.1 Å². The lowest BCUT2D eigenvalue weighted by Gasteiger charge is -2.21. The summed E-state index contributed by atoms with van der Waals surface area (Å²) in [6, 6.07) is 6.39. The lowest BCUT2D eigenvalue weighted by molar-refractivity contribution is -0.134. The van der Waals surface area contributed by atoms with Gasteiger partial charge in [-0.05, 0) is 24.1 Å². The molecule has 8 heteroatoms. The largest absolute Gasteiger partial charge is 0.427 e. The molecule has 0 N–H and O–H groups in total. The minimum absolute atomic E-state index is 0.259. The highest BCUT2D eigenvalue weighted by molar-refractivity contribution is 7.15. The molecule has 0 atom stereocenters. The summed E-state index contributed by atoms with van der Waals surface area (Å²) in [6.45, 7) is 3.61. The first kappa shape index (κ1) is 17.2. The van der Waals surface area contributed by atoms with E-state index in [1.807, 2.05) is 4.90 Å². The highest BCUT2D eigenvalue weighted by Gasteiger charge is 2.34. The number of thiazole rings is 1. The maximum atomic E-state index is 12.9. The van der Waals surface area contributed by atoms with Crippen molar-refractivity contribution < 1.29 is 17.6 Å². The molecule has 1 aliphatic heterocycles. The number of hydrogen-bond acceptors (Lipinski definition) is 4. The van der Waals surface area contributed by atoms with Crippen LogP contribution in [0.5, 0.6) is 0 Å². The molecule has 0 radical (unpaired) electrons. The van der Waals surface area contributed by atoms with E-state index in [4.69, 9.17) is 0 Å². The molecule has 1 aliphatic rings. The summed E-state index contributed by atoms with van der Waals surface area (Å²) in [7, 11) is 0. The van der Waals surface area contributed by atoms with Gasteiger partial charge in [0.1, 0.15) is 10.7 Å². The van der Waals surface area contributed by atoms with E-state index in [0.717, 1.165) is 31.3 Å². The van der Waals surface area contributed by atoms with Gasteiger partial charge < -0.3 is 4.90 Å². The molecule has 2 heterocycles. The number of aromatic nitrogens is 1. The van der Waals surface area contributed by atoms with E-state index >= 15 is 0 Å². The lowest BCUT2D eigenvalue weighted by Crippen LogP contribution is -2.30. The van der Waals surface area contributed by atoms with Crippen molar-refractivity contribution in [2.45, 2.75) is 19.1 Å². The normalized spacial score (nSPS) is 17.1. The first-order valence-corrected chi connectivity index (χ1v) is 8.48. The van der Waals surface area contributed by atoms with Crippen molar-refractivity contribution in [3.63, 3.8) is 0 Å². The molecule has 0 spiro atoms. The third-order valence-corrected chi connectivity index (χ3v) is 5.05. The Hall–Kier alpha value is -1.67. The highest BCUT2D eigenvalue weighted by atomic mass is 32.1. The van der Waals surface area contributed by atoms with Crippen LogP contribution in [-0.4, -0.2) is 36.1 Å². The molecule has 1 fully saturated rings. The zero-order chi connectivity index (χ0) is 17.2. The summed E-state index contributed by atoms with van der Waals surface area (Å²) in [6.07, 6.45) is -2.58. The molecule has 2 aromatic rings. The zero-order valence-electron chi connectivity index (χ0n) is 12.9. The van der Waals surface area contributed by atoms with Gasteiger partial charge in [0.05, 0.1) is 6.20 Å². The molecule has 0 aliphatic carbocycles. The zero-order valence-corrected chi connectivity index (χ0v) is 13.7. The summed E-state index contributed by atoms with van der Waals surface area (Å²) in [5, 5.41) is 0.422. The summed E-state index contributed by atoms with van der Waals surface area (Å²) in [4.78, 5) is 7.40. The third kappa shape index (κ3) is 4.24. The molecule has 130 valence electrons. The van der Waals surface area contributed by atoms with E-state index < -0.39 is 11.1 Å². The summed E-state index contributed by atoms with van der Waals surface area (Å²) in [5.74, 6) is -0.259. The predicted molar refractivity (Wildman–Crippen MR) is 85.6 cm³/mol. The Morgan fingerprint density at radius 3 is 2.46 bits per heavy atom. The molecule has 1 aromatic carbocycles. The second-order valence-corrected chi connectivity index (χ2v) is 6.76. The van der Waals surface area contributed by atoms with Gasteiger partial charge in [0.25, 0.3) is 0 Å². The van der Waals surface area contributed by atoms with Gasteiger partial charge >= 0.3 is 6.18 Å². The monoisotopic (exact) mass is 359 g/mol. The van der Waals surface area contributed by atoms with Gasteiger partial charge in [-0.25, -0.2) is 9.37 Å². The molecular formula is C16H17F4N3S. The van der Waals surface area contributed by atoms with E-state index in [2.05, 4.69) is 9.88 Å². The first-order valence-electron chi connectivity index (χ1n) is 7.66. The summed E-state index contributed by atoms with van der Waals surface area (Å²) >= 11 is 0.692. The average molecular weight is 359 g/mol. The third-order valence-electron chi connectivity index (χ3n) is 3.95. The fourth-order valence-electron chi connectivity index (χ4n) is 2.71. The van der Waals surface area contributed by atoms with Crippen LogP contribution in [-0.2, 0) is 12.7 Å². The van der Waals surface area contributed by atoms with Gasteiger partial charge in [-0.15, -0.1) is 0 Å². The maximum absolute atomic E-state index is 12.9. The van der Waals surface area contributed by atoms with Gasteiger partial charge in [0.15, 0.2) is 5.13 Å².